The Kier molecular flexibility index (Phi) is 7.74. The molecule has 7 heteroatoms. The molecule has 0 aliphatic rings. The van der Waals surface area contributed by atoms with E-state index in [-0.39, 0.29) is 6.42 Å². The number of carbonyl (C=O) groups is 2. The first kappa shape index (κ1) is 20.0. The summed E-state index contributed by atoms with van der Waals surface area (Å²) in [6.07, 6.45) is -3.16. The Hall–Kier alpha value is -2.05. The SMILES string of the molecule is CCCCC(C)OC(=O)[C@H](Cc1ccccc1)NC(=O)C(F)(F)F. The van der Waals surface area contributed by atoms with Crippen molar-refractivity contribution < 1.29 is 27.5 Å². The third-order valence-corrected chi connectivity index (χ3v) is 3.41. The lowest BCUT2D eigenvalue weighted by Crippen LogP contribution is -2.49. The van der Waals surface area contributed by atoms with E-state index in [0.717, 1.165) is 12.8 Å². The van der Waals surface area contributed by atoms with Gasteiger partial charge in [0.2, 0.25) is 0 Å². The van der Waals surface area contributed by atoms with Crippen molar-refractivity contribution in [1.82, 2.24) is 5.32 Å². The molecular weight excluding hydrogens is 323 g/mol. The molecule has 1 amide bonds. The summed E-state index contributed by atoms with van der Waals surface area (Å²) in [5, 5.41) is 1.73. The lowest BCUT2D eigenvalue weighted by molar-refractivity contribution is -0.176. The second-order valence-electron chi connectivity index (χ2n) is 5.60. The molecule has 0 fully saturated rings. The van der Waals surface area contributed by atoms with Crippen molar-refractivity contribution in [2.45, 2.75) is 57.9 Å². The van der Waals surface area contributed by atoms with Crippen LogP contribution in [0.4, 0.5) is 13.2 Å². The van der Waals surface area contributed by atoms with Crippen LogP contribution in [0.15, 0.2) is 30.3 Å². The highest BCUT2D eigenvalue weighted by molar-refractivity contribution is 5.87. The Bertz CT molecular complexity index is 532. The van der Waals surface area contributed by atoms with Crippen molar-refractivity contribution in [3.8, 4) is 0 Å². The van der Waals surface area contributed by atoms with Crippen LogP contribution >= 0.6 is 0 Å². The van der Waals surface area contributed by atoms with Gasteiger partial charge < -0.3 is 10.1 Å². The molecule has 0 saturated carbocycles. The topological polar surface area (TPSA) is 55.4 Å². The molecule has 0 aromatic heterocycles. The summed E-state index contributed by atoms with van der Waals surface area (Å²) < 4.78 is 42.6. The van der Waals surface area contributed by atoms with Crippen molar-refractivity contribution in [3.05, 3.63) is 35.9 Å². The van der Waals surface area contributed by atoms with E-state index in [0.29, 0.717) is 12.0 Å². The monoisotopic (exact) mass is 345 g/mol. The summed E-state index contributed by atoms with van der Waals surface area (Å²) in [7, 11) is 0. The zero-order valence-electron chi connectivity index (χ0n) is 13.7. The van der Waals surface area contributed by atoms with E-state index in [1.165, 1.54) is 0 Å². The summed E-state index contributed by atoms with van der Waals surface area (Å²) in [5.74, 6) is -3.01. The Balaban J connectivity index is 2.79. The predicted octanol–water partition coefficient (Wildman–Crippen LogP) is 3.40. The molecule has 0 heterocycles. The van der Waals surface area contributed by atoms with Gasteiger partial charge >= 0.3 is 18.1 Å². The smallest absolute Gasteiger partial charge is 0.461 e. The number of amides is 1. The van der Waals surface area contributed by atoms with Gasteiger partial charge in [0.25, 0.3) is 0 Å². The molecule has 0 spiro atoms. The maximum atomic E-state index is 12.5. The summed E-state index contributed by atoms with van der Waals surface area (Å²) in [4.78, 5) is 23.4. The van der Waals surface area contributed by atoms with Crippen LogP contribution < -0.4 is 5.32 Å². The number of benzene rings is 1. The second kappa shape index (κ2) is 9.30. The van der Waals surface area contributed by atoms with Crippen LogP contribution in [0.5, 0.6) is 0 Å². The first-order valence-electron chi connectivity index (χ1n) is 7.86. The molecule has 0 saturated heterocycles. The minimum atomic E-state index is -5.05. The molecule has 1 aromatic carbocycles. The summed E-state index contributed by atoms with van der Waals surface area (Å²) in [5.41, 5.74) is 0.628. The van der Waals surface area contributed by atoms with E-state index < -0.39 is 30.2 Å². The molecule has 1 unspecified atom stereocenters. The number of rotatable bonds is 8. The molecule has 2 atom stereocenters. The van der Waals surface area contributed by atoms with Gasteiger partial charge in [-0.3, -0.25) is 4.79 Å². The van der Waals surface area contributed by atoms with Crippen LogP contribution in [0.3, 0.4) is 0 Å². The zero-order chi connectivity index (χ0) is 18.2. The molecule has 0 aliphatic heterocycles. The maximum Gasteiger partial charge on any atom is 0.471 e. The molecule has 24 heavy (non-hydrogen) atoms. The average molecular weight is 345 g/mol. The molecular formula is C17H22F3NO3. The standard InChI is InChI=1S/C17H22F3NO3/c1-3-4-8-12(2)24-15(22)14(21-16(23)17(18,19)20)11-13-9-6-5-7-10-13/h5-7,9-10,12,14H,3-4,8,11H2,1-2H3,(H,21,23)/t12?,14-/m0/s1. The van der Waals surface area contributed by atoms with Crippen LogP contribution in [0.25, 0.3) is 0 Å². The number of unbranched alkanes of at least 4 members (excludes halogenated alkanes) is 1. The quantitative estimate of drug-likeness (QED) is 0.735. The minimum absolute atomic E-state index is 0.0675. The Morgan fingerprint density at radius 1 is 1.21 bits per heavy atom. The molecule has 4 nitrogen and oxygen atoms in total. The van der Waals surface area contributed by atoms with Crippen molar-refractivity contribution in [1.29, 1.82) is 0 Å². The van der Waals surface area contributed by atoms with Crippen LogP contribution in [0, 0.1) is 0 Å². The lowest BCUT2D eigenvalue weighted by atomic mass is 10.1. The van der Waals surface area contributed by atoms with Crippen LogP contribution in [0.1, 0.15) is 38.7 Å². The third kappa shape index (κ3) is 7.02. The average Bonchev–Trinajstić information content (AvgIpc) is 2.52. The van der Waals surface area contributed by atoms with Gasteiger partial charge in [0.1, 0.15) is 6.04 Å². The van der Waals surface area contributed by atoms with Crippen LogP contribution in [-0.2, 0) is 20.7 Å². The van der Waals surface area contributed by atoms with E-state index in [4.69, 9.17) is 4.74 Å². The number of carbonyl (C=O) groups excluding carboxylic acids is 2. The maximum absolute atomic E-state index is 12.5. The van der Waals surface area contributed by atoms with Gasteiger partial charge in [-0.1, -0.05) is 50.1 Å². The molecule has 1 rings (SSSR count). The van der Waals surface area contributed by atoms with E-state index in [1.807, 2.05) is 6.92 Å². The summed E-state index contributed by atoms with van der Waals surface area (Å²) in [6.45, 7) is 3.66. The highest BCUT2D eigenvalue weighted by Gasteiger charge is 2.41. The van der Waals surface area contributed by atoms with Gasteiger partial charge in [0.05, 0.1) is 6.10 Å². The Labute approximate surface area is 139 Å². The number of halogens is 3. The number of ether oxygens (including phenoxy) is 1. The molecule has 1 N–H and O–H groups in total. The lowest BCUT2D eigenvalue weighted by Gasteiger charge is -2.21. The number of hydrogen-bond donors (Lipinski definition) is 1. The highest BCUT2D eigenvalue weighted by Crippen LogP contribution is 2.16. The van der Waals surface area contributed by atoms with Gasteiger partial charge in [0, 0.05) is 6.42 Å². The number of hydrogen-bond acceptors (Lipinski definition) is 3. The number of alkyl halides is 3. The highest BCUT2D eigenvalue weighted by atomic mass is 19.4. The minimum Gasteiger partial charge on any atom is -0.461 e. The van der Waals surface area contributed by atoms with Crippen molar-refractivity contribution in [2.24, 2.45) is 0 Å². The largest absolute Gasteiger partial charge is 0.471 e. The zero-order valence-corrected chi connectivity index (χ0v) is 13.7. The molecule has 0 aliphatic carbocycles. The Morgan fingerprint density at radius 3 is 2.38 bits per heavy atom. The van der Waals surface area contributed by atoms with Crippen LogP contribution in [0.2, 0.25) is 0 Å². The van der Waals surface area contributed by atoms with E-state index in [1.54, 1.807) is 42.6 Å². The van der Waals surface area contributed by atoms with Gasteiger partial charge in [-0.05, 0) is 18.9 Å². The molecule has 134 valence electrons. The van der Waals surface area contributed by atoms with E-state index in [2.05, 4.69) is 0 Å². The first-order valence-corrected chi connectivity index (χ1v) is 7.86. The molecule has 0 bridgehead atoms. The normalized spacial score (nSPS) is 13.9. The number of esters is 1. The van der Waals surface area contributed by atoms with Gasteiger partial charge in [0.15, 0.2) is 0 Å². The van der Waals surface area contributed by atoms with Crippen LogP contribution in [-0.4, -0.2) is 30.2 Å². The summed E-state index contributed by atoms with van der Waals surface area (Å²) >= 11 is 0. The fourth-order valence-corrected chi connectivity index (χ4v) is 2.11. The Morgan fingerprint density at radius 2 is 1.83 bits per heavy atom. The fraction of sp³-hybridized carbons (Fsp3) is 0.529. The third-order valence-electron chi connectivity index (χ3n) is 3.41. The molecule has 1 aromatic rings. The van der Waals surface area contributed by atoms with Crippen molar-refractivity contribution in [2.75, 3.05) is 0 Å². The second-order valence-corrected chi connectivity index (χ2v) is 5.60. The van der Waals surface area contributed by atoms with E-state index in [9.17, 15) is 22.8 Å². The fourth-order valence-electron chi connectivity index (χ4n) is 2.11. The number of nitrogens with one attached hydrogen (secondary N) is 1. The van der Waals surface area contributed by atoms with E-state index >= 15 is 0 Å². The van der Waals surface area contributed by atoms with Gasteiger partial charge in [-0.15, -0.1) is 0 Å². The van der Waals surface area contributed by atoms with Crippen molar-refractivity contribution >= 4 is 11.9 Å². The van der Waals surface area contributed by atoms with Crippen molar-refractivity contribution in [3.63, 3.8) is 0 Å². The first-order chi connectivity index (χ1) is 11.2. The summed E-state index contributed by atoms with van der Waals surface area (Å²) in [6, 6.07) is 7.10. The van der Waals surface area contributed by atoms with Gasteiger partial charge in [-0.25, -0.2) is 4.79 Å². The van der Waals surface area contributed by atoms with Gasteiger partial charge in [-0.2, -0.15) is 13.2 Å². The molecule has 0 radical (unpaired) electrons. The predicted molar refractivity (Wildman–Crippen MR) is 83.2 cm³/mol.